The Morgan fingerprint density at radius 2 is 1.11 bits per heavy atom. The van der Waals surface area contributed by atoms with E-state index in [1.807, 2.05) is 6.08 Å². The second kappa shape index (κ2) is 27.5. The number of carbonyl (C=O) groups excluding carboxylic acids is 1. The highest BCUT2D eigenvalue weighted by Crippen LogP contribution is 2.13. The predicted molar refractivity (Wildman–Crippen MR) is 152 cm³/mol. The molecule has 0 unspecified atom stereocenters. The molecule has 4 heteroatoms. The molecule has 0 heterocycles. The molecule has 0 aliphatic rings. The monoisotopic (exact) mass is 493 g/mol. The smallest absolute Gasteiger partial charge is 0.220 e. The van der Waals surface area contributed by atoms with Crippen molar-refractivity contribution in [2.24, 2.45) is 0 Å². The summed E-state index contributed by atoms with van der Waals surface area (Å²) in [4.78, 5) is 12.2. The average molecular weight is 494 g/mol. The minimum atomic E-state index is -0.853. The summed E-state index contributed by atoms with van der Waals surface area (Å²) in [5, 5.41) is 22.6. The van der Waals surface area contributed by atoms with Crippen molar-refractivity contribution in [1.29, 1.82) is 0 Å². The summed E-state index contributed by atoms with van der Waals surface area (Å²) >= 11 is 0. The lowest BCUT2D eigenvalue weighted by molar-refractivity contribution is -0.123. The molecule has 0 radical (unpaired) electrons. The number of hydrogen-bond donors (Lipinski definition) is 3. The first-order chi connectivity index (χ1) is 17.2. The standard InChI is InChI=1S/C31H59NO3/c1-3-5-7-9-11-13-15-16-17-19-21-23-25-27-31(35)32-29(28-33)30(34)26-24-22-20-18-14-12-10-8-6-4-2/h14,18,24,26,29-30,33-34H,3-13,15-17,19-23,25,27-28H2,1-2H3,(H,32,35)/b18-14+,26-24+/t29-,30+/m0/s1. The first-order valence-electron chi connectivity index (χ1n) is 15.1. The van der Waals surface area contributed by atoms with Crippen molar-refractivity contribution in [2.45, 2.75) is 161 Å². The molecule has 0 fully saturated rings. The van der Waals surface area contributed by atoms with Gasteiger partial charge in [-0.25, -0.2) is 0 Å². The highest BCUT2D eigenvalue weighted by Gasteiger charge is 2.17. The van der Waals surface area contributed by atoms with Gasteiger partial charge in [0.05, 0.1) is 18.8 Å². The van der Waals surface area contributed by atoms with E-state index < -0.39 is 12.1 Å². The quantitative estimate of drug-likeness (QED) is 0.0840. The minimum absolute atomic E-state index is 0.0782. The van der Waals surface area contributed by atoms with Crippen molar-refractivity contribution in [1.82, 2.24) is 5.32 Å². The Bertz CT molecular complexity index is 503. The fourth-order valence-corrected chi connectivity index (χ4v) is 4.31. The molecule has 0 aliphatic carbocycles. The number of allylic oxidation sites excluding steroid dienone is 3. The molecular weight excluding hydrogens is 434 g/mol. The fraction of sp³-hybridized carbons (Fsp3) is 0.839. The van der Waals surface area contributed by atoms with E-state index in [-0.39, 0.29) is 12.5 Å². The van der Waals surface area contributed by atoms with Crippen LogP contribution in [-0.4, -0.2) is 34.9 Å². The van der Waals surface area contributed by atoms with Gasteiger partial charge in [0, 0.05) is 6.42 Å². The van der Waals surface area contributed by atoms with Gasteiger partial charge in [-0.1, -0.05) is 134 Å². The zero-order valence-corrected chi connectivity index (χ0v) is 23.3. The van der Waals surface area contributed by atoms with E-state index in [1.54, 1.807) is 6.08 Å². The molecule has 2 atom stereocenters. The van der Waals surface area contributed by atoms with E-state index in [0.717, 1.165) is 32.1 Å². The molecule has 0 aromatic rings. The van der Waals surface area contributed by atoms with Gasteiger partial charge in [0.2, 0.25) is 5.91 Å². The van der Waals surface area contributed by atoms with E-state index in [9.17, 15) is 15.0 Å². The molecule has 0 saturated carbocycles. The van der Waals surface area contributed by atoms with Crippen molar-refractivity contribution in [3.8, 4) is 0 Å². The molecular formula is C31H59NO3. The largest absolute Gasteiger partial charge is 0.394 e. The highest BCUT2D eigenvalue weighted by atomic mass is 16.3. The summed E-state index contributed by atoms with van der Waals surface area (Å²) in [5.41, 5.74) is 0. The molecule has 0 saturated heterocycles. The van der Waals surface area contributed by atoms with Gasteiger partial charge in [-0.3, -0.25) is 4.79 Å². The van der Waals surface area contributed by atoms with E-state index in [0.29, 0.717) is 6.42 Å². The van der Waals surface area contributed by atoms with E-state index in [4.69, 9.17) is 0 Å². The van der Waals surface area contributed by atoms with E-state index in [2.05, 4.69) is 31.3 Å². The maximum Gasteiger partial charge on any atom is 0.220 e. The molecule has 0 bridgehead atoms. The summed E-state index contributed by atoms with van der Waals surface area (Å²) in [7, 11) is 0. The van der Waals surface area contributed by atoms with Crippen LogP contribution < -0.4 is 5.32 Å². The van der Waals surface area contributed by atoms with E-state index >= 15 is 0 Å². The maximum atomic E-state index is 12.2. The lowest BCUT2D eigenvalue weighted by Gasteiger charge is -2.19. The van der Waals surface area contributed by atoms with Crippen molar-refractivity contribution in [3.63, 3.8) is 0 Å². The maximum absolute atomic E-state index is 12.2. The van der Waals surface area contributed by atoms with Crippen LogP contribution in [0.2, 0.25) is 0 Å². The second-order valence-electron chi connectivity index (χ2n) is 10.2. The zero-order chi connectivity index (χ0) is 25.8. The van der Waals surface area contributed by atoms with Crippen LogP contribution in [0.1, 0.15) is 149 Å². The SMILES string of the molecule is CCCCCC/C=C/CC/C=C/[C@@H](O)[C@H](CO)NC(=O)CCCCCCCCCCCCCCC. The van der Waals surface area contributed by atoms with Gasteiger partial charge in [-0.05, 0) is 32.1 Å². The van der Waals surface area contributed by atoms with Gasteiger partial charge in [0.25, 0.3) is 0 Å². The van der Waals surface area contributed by atoms with Crippen LogP contribution in [0.25, 0.3) is 0 Å². The first-order valence-corrected chi connectivity index (χ1v) is 15.1. The number of hydrogen-bond acceptors (Lipinski definition) is 3. The normalized spacial score (nSPS) is 13.6. The molecule has 0 spiro atoms. The number of amides is 1. The molecule has 0 aromatic heterocycles. The second-order valence-corrected chi connectivity index (χ2v) is 10.2. The van der Waals surface area contributed by atoms with Gasteiger partial charge in [0.1, 0.15) is 0 Å². The molecule has 1 amide bonds. The Labute approximate surface area is 218 Å². The van der Waals surface area contributed by atoms with Gasteiger partial charge < -0.3 is 15.5 Å². The van der Waals surface area contributed by atoms with Crippen molar-refractivity contribution >= 4 is 5.91 Å². The molecule has 0 aromatic carbocycles. The van der Waals surface area contributed by atoms with Crippen LogP contribution in [0.5, 0.6) is 0 Å². The van der Waals surface area contributed by atoms with Gasteiger partial charge in [-0.2, -0.15) is 0 Å². The summed E-state index contributed by atoms with van der Waals surface area (Å²) in [6.45, 7) is 4.23. The first kappa shape index (κ1) is 33.9. The molecule has 0 aliphatic heterocycles. The molecule has 35 heavy (non-hydrogen) atoms. The third-order valence-corrected chi connectivity index (χ3v) is 6.69. The topological polar surface area (TPSA) is 69.6 Å². The lowest BCUT2D eigenvalue weighted by Crippen LogP contribution is -2.45. The van der Waals surface area contributed by atoms with Crippen molar-refractivity contribution in [3.05, 3.63) is 24.3 Å². The van der Waals surface area contributed by atoms with Crippen molar-refractivity contribution in [2.75, 3.05) is 6.61 Å². The fourth-order valence-electron chi connectivity index (χ4n) is 4.31. The number of rotatable bonds is 26. The third kappa shape index (κ3) is 24.3. The van der Waals surface area contributed by atoms with Crippen LogP contribution in [0.3, 0.4) is 0 Å². The van der Waals surface area contributed by atoms with Crippen molar-refractivity contribution < 1.29 is 15.0 Å². The molecule has 0 rings (SSSR count). The average Bonchev–Trinajstić information content (AvgIpc) is 2.86. The summed E-state index contributed by atoms with van der Waals surface area (Å²) < 4.78 is 0. The van der Waals surface area contributed by atoms with Crippen LogP contribution >= 0.6 is 0 Å². The van der Waals surface area contributed by atoms with Crippen LogP contribution in [0.4, 0.5) is 0 Å². The minimum Gasteiger partial charge on any atom is -0.394 e. The number of nitrogens with one attached hydrogen (secondary N) is 1. The number of carbonyl (C=O) groups is 1. The summed E-state index contributed by atoms with van der Waals surface area (Å²) in [5.74, 6) is -0.0782. The summed E-state index contributed by atoms with van der Waals surface area (Å²) in [6.07, 6.45) is 32.5. The lowest BCUT2D eigenvalue weighted by atomic mass is 10.0. The van der Waals surface area contributed by atoms with Crippen LogP contribution in [0.15, 0.2) is 24.3 Å². The Kier molecular flexibility index (Phi) is 26.6. The molecule has 206 valence electrons. The third-order valence-electron chi connectivity index (χ3n) is 6.69. The molecule has 4 nitrogen and oxygen atoms in total. The Morgan fingerprint density at radius 3 is 1.66 bits per heavy atom. The van der Waals surface area contributed by atoms with Gasteiger partial charge >= 0.3 is 0 Å². The molecule has 3 N–H and O–H groups in total. The predicted octanol–water partition coefficient (Wildman–Crippen LogP) is 8.17. The van der Waals surface area contributed by atoms with Gasteiger partial charge in [0.15, 0.2) is 0 Å². The number of unbranched alkanes of at least 4 members (excludes halogenated alkanes) is 17. The Balaban J connectivity index is 3.71. The number of aliphatic hydroxyl groups excluding tert-OH is 2. The zero-order valence-electron chi connectivity index (χ0n) is 23.3. The van der Waals surface area contributed by atoms with E-state index in [1.165, 1.54) is 96.3 Å². The Hall–Kier alpha value is -1.13. The highest BCUT2D eigenvalue weighted by molar-refractivity contribution is 5.76. The summed E-state index contributed by atoms with van der Waals surface area (Å²) in [6, 6.07) is -0.630. The van der Waals surface area contributed by atoms with Crippen LogP contribution in [-0.2, 0) is 4.79 Å². The Morgan fingerprint density at radius 1 is 0.657 bits per heavy atom. The van der Waals surface area contributed by atoms with Crippen LogP contribution in [0, 0.1) is 0 Å². The number of aliphatic hydroxyl groups is 2. The van der Waals surface area contributed by atoms with Gasteiger partial charge in [-0.15, -0.1) is 0 Å².